The van der Waals surface area contributed by atoms with Gasteiger partial charge < -0.3 is 9.47 Å². The fraction of sp³-hybridized carbons (Fsp3) is 0.294. The number of ether oxygens (including phenoxy) is 2. The average molecular weight is 285 g/mol. The highest BCUT2D eigenvalue weighted by molar-refractivity contribution is 5.91. The van der Waals surface area contributed by atoms with Crippen molar-refractivity contribution < 1.29 is 14.3 Å². The number of benzene rings is 1. The van der Waals surface area contributed by atoms with Crippen LogP contribution in [0.3, 0.4) is 0 Å². The maximum atomic E-state index is 11.8. The van der Waals surface area contributed by atoms with Crippen molar-refractivity contribution in [3.05, 3.63) is 52.2 Å². The molecule has 0 aliphatic rings. The summed E-state index contributed by atoms with van der Waals surface area (Å²) in [7, 11) is 1.34. The van der Waals surface area contributed by atoms with Crippen LogP contribution < -0.4 is 4.74 Å². The van der Waals surface area contributed by atoms with Gasteiger partial charge in [-0.2, -0.15) is 0 Å². The summed E-state index contributed by atoms with van der Waals surface area (Å²) in [5.74, 6) is 0.542. The highest BCUT2D eigenvalue weighted by Crippen LogP contribution is 2.31. The number of carbonyl (C=O) groups is 1. The third-order valence-corrected chi connectivity index (χ3v) is 3.21. The minimum Gasteiger partial charge on any atom is -0.465 e. The van der Waals surface area contributed by atoms with E-state index in [4.69, 9.17) is 9.47 Å². The van der Waals surface area contributed by atoms with E-state index in [9.17, 15) is 4.79 Å². The molecule has 0 fully saturated rings. The van der Waals surface area contributed by atoms with E-state index in [2.05, 4.69) is 4.98 Å². The summed E-state index contributed by atoms with van der Waals surface area (Å²) >= 11 is 0. The molecule has 0 aliphatic heterocycles. The molecule has 0 amide bonds. The standard InChI is InChI=1S/C17H19NO3/c1-10-8-11(2)15(12(3)9-10)21-16-14(17(19)20-5)7-6-13(4)18-16/h6-9H,1-5H3. The monoisotopic (exact) mass is 285 g/mol. The predicted molar refractivity (Wildman–Crippen MR) is 81.0 cm³/mol. The van der Waals surface area contributed by atoms with Crippen LogP contribution in [-0.4, -0.2) is 18.1 Å². The van der Waals surface area contributed by atoms with Gasteiger partial charge in [-0.3, -0.25) is 0 Å². The third kappa shape index (κ3) is 3.21. The molecule has 0 atom stereocenters. The van der Waals surface area contributed by atoms with Gasteiger partial charge in [0.1, 0.15) is 11.3 Å². The average Bonchev–Trinajstić information content (AvgIpc) is 2.42. The molecule has 0 saturated heterocycles. The summed E-state index contributed by atoms with van der Waals surface area (Å²) in [5.41, 5.74) is 4.28. The zero-order valence-corrected chi connectivity index (χ0v) is 13.0. The zero-order valence-electron chi connectivity index (χ0n) is 13.0. The van der Waals surface area contributed by atoms with E-state index in [0.29, 0.717) is 5.56 Å². The van der Waals surface area contributed by atoms with E-state index < -0.39 is 5.97 Å². The normalized spacial score (nSPS) is 10.3. The van der Waals surface area contributed by atoms with Gasteiger partial charge in [-0.15, -0.1) is 0 Å². The first kappa shape index (κ1) is 15.0. The van der Waals surface area contributed by atoms with Crippen LogP contribution >= 0.6 is 0 Å². The van der Waals surface area contributed by atoms with Crippen molar-refractivity contribution in [1.82, 2.24) is 4.98 Å². The zero-order chi connectivity index (χ0) is 15.6. The smallest absolute Gasteiger partial charge is 0.343 e. The summed E-state index contributed by atoms with van der Waals surface area (Å²) < 4.78 is 10.7. The van der Waals surface area contributed by atoms with Crippen LogP contribution in [0.1, 0.15) is 32.7 Å². The van der Waals surface area contributed by atoms with Gasteiger partial charge in [-0.1, -0.05) is 17.7 Å². The highest BCUT2D eigenvalue weighted by Gasteiger charge is 2.17. The van der Waals surface area contributed by atoms with Gasteiger partial charge in [-0.25, -0.2) is 9.78 Å². The molecule has 0 bridgehead atoms. The van der Waals surface area contributed by atoms with Gasteiger partial charge >= 0.3 is 5.97 Å². The van der Waals surface area contributed by atoms with E-state index >= 15 is 0 Å². The number of carbonyl (C=O) groups excluding carboxylic acids is 1. The van der Waals surface area contributed by atoms with Crippen LogP contribution in [0.25, 0.3) is 0 Å². The highest BCUT2D eigenvalue weighted by atomic mass is 16.5. The maximum Gasteiger partial charge on any atom is 0.343 e. The minimum absolute atomic E-state index is 0.275. The van der Waals surface area contributed by atoms with Crippen LogP contribution in [-0.2, 0) is 4.74 Å². The lowest BCUT2D eigenvalue weighted by Gasteiger charge is -2.14. The molecule has 110 valence electrons. The first-order chi connectivity index (χ1) is 9.92. The number of rotatable bonds is 3. The van der Waals surface area contributed by atoms with Gasteiger partial charge in [0.2, 0.25) is 5.88 Å². The Morgan fingerprint density at radius 3 is 2.24 bits per heavy atom. The maximum absolute atomic E-state index is 11.8. The summed E-state index contributed by atoms with van der Waals surface area (Å²) in [6, 6.07) is 7.50. The molecule has 0 spiro atoms. The molecule has 4 nitrogen and oxygen atoms in total. The molecule has 1 heterocycles. The van der Waals surface area contributed by atoms with Crippen LogP contribution in [0.4, 0.5) is 0 Å². The molecular formula is C17H19NO3. The molecule has 1 aromatic carbocycles. The van der Waals surface area contributed by atoms with Crippen LogP contribution in [0.5, 0.6) is 11.6 Å². The molecule has 0 N–H and O–H groups in total. The van der Waals surface area contributed by atoms with Gasteiger partial charge in [0.05, 0.1) is 7.11 Å². The minimum atomic E-state index is -0.458. The first-order valence-electron chi connectivity index (χ1n) is 6.74. The second-order valence-electron chi connectivity index (χ2n) is 5.13. The van der Waals surface area contributed by atoms with Gasteiger partial charge in [0, 0.05) is 5.69 Å². The molecule has 1 aromatic heterocycles. The Kier molecular flexibility index (Phi) is 4.26. The van der Waals surface area contributed by atoms with Gasteiger partial charge in [0.25, 0.3) is 0 Å². The number of aryl methyl sites for hydroxylation is 4. The van der Waals surface area contributed by atoms with E-state index in [0.717, 1.165) is 22.6 Å². The van der Waals surface area contributed by atoms with Crippen LogP contribution in [0, 0.1) is 27.7 Å². The van der Waals surface area contributed by atoms with Crippen molar-refractivity contribution >= 4 is 5.97 Å². The molecule has 2 rings (SSSR count). The van der Waals surface area contributed by atoms with Crippen molar-refractivity contribution in [2.45, 2.75) is 27.7 Å². The molecular weight excluding hydrogens is 266 g/mol. The molecule has 4 heteroatoms. The largest absolute Gasteiger partial charge is 0.465 e. The molecule has 21 heavy (non-hydrogen) atoms. The second-order valence-corrected chi connectivity index (χ2v) is 5.13. The van der Waals surface area contributed by atoms with Crippen molar-refractivity contribution in [2.75, 3.05) is 7.11 Å². The lowest BCUT2D eigenvalue weighted by molar-refractivity contribution is 0.0597. The molecule has 0 saturated carbocycles. The Balaban J connectivity index is 2.49. The quantitative estimate of drug-likeness (QED) is 0.803. The molecule has 0 aliphatic carbocycles. The van der Waals surface area contributed by atoms with Crippen LogP contribution in [0.15, 0.2) is 24.3 Å². The number of hydrogen-bond acceptors (Lipinski definition) is 4. The van der Waals surface area contributed by atoms with E-state index in [1.165, 1.54) is 12.7 Å². The Morgan fingerprint density at radius 2 is 1.67 bits per heavy atom. The van der Waals surface area contributed by atoms with E-state index in [-0.39, 0.29) is 5.88 Å². The molecule has 0 unspecified atom stereocenters. The summed E-state index contributed by atoms with van der Waals surface area (Å²) in [4.78, 5) is 16.1. The molecule has 0 radical (unpaired) electrons. The second kappa shape index (κ2) is 5.95. The number of esters is 1. The predicted octanol–water partition coefficient (Wildman–Crippen LogP) is 3.89. The summed E-state index contributed by atoms with van der Waals surface area (Å²) in [6.07, 6.45) is 0. The number of methoxy groups -OCH3 is 1. The third-order valence-electron chi connectivity index (χ3n) is 3.21. The van der Waals surface area contributed by atoms with E-state index in [1.54, 1.807) is 12.1 Å². The van der Waals surface area contributed by atoms with Crippen molar-refractivity contribution in [1.29, 1.82) is 0 Å². The van der Waals surface area contributed by atoms with E-state index in [1.807, 2.05) is 39.8 Å². The van der Waals surface area contributed by atoms with Crippen molar-refractivity contribution in [2.24, 2.45) is 0 Å². The SMILES string of the molecule is COC(=O)c1ccc(C)nc1Oc1c(C)cc(C)cc1C. The fourth-order valence-electron chi connectivity index (χ4n) is 2.30. The first-order valence-corrected chi connectivity index (χ1v) is 6.74. The Morgan fingerprint density at radius 1 is 1.05 bits per heavy atom. The number of pyridine rings is 1. The fourth-order valence-corrected chi connectivity index (χ4v) is 2.30. The van der Waals surface area contributed by atoms with Gasteiger partial charge in [-0.05, 0) is 51.0 Å². The lowest BCUT2D eigenvalue weighted by Crippen LogP contribution is -2.06. The summed E-state index contributed by atoms with van der Waals surface area (Å²) in [5, 5.41) is 0. The van der Waals surface area contributed by atoms with Crippen molar-refractivity contribution in [3.8, 4) is 11.6 Å². The topological polar surface area (TPSA) is 48.4 Å². The number of hydrogen-bond donors (Lipinski definition) is 0. The summed E-state index contributed by atoms with van der Waals surface area (Å²) in [6.45, 7) is 7.84. The lowest BCUT2D eigenvalue weighted by atomic mass is 10.1. The Bertz CT molecular complexity index is 669. The Labute approximate surface area is 124 Å². The number of nitrogens with zero attached hydrogens (tertiary/aromatic N) is 1. The van der Waals surface area contributed by atoms with Gasteiger partial charge in [0.15, 0.2) is 0 Å². The van der Waals surface area contributed by atoms with Crippen LogP contribution in [0.2, 0.25) is 0 Å². The number of aromatic nitrogens is 1. The Hall–Kier alpha value is -2.36. The van der Waals surface area contributed by atoms with Crippen molar-refractivity contribution in [3.63, 3.8) is 0 Å². The molecule has 2 aromatic rings.